The minimum absolute atomic E-state index is 0. The summed E-state index contributed by atoms with van der Waals surface area (Å²) >= 11 is 0. The maximum Gasteiger partial charge on any atom is 0.119 e. The number of rotatable bonds is 22. The predicted molar refractivity (Wildman–Crippen MR) is 274 cm³/mol. The Morgan fingerprint density at radius 1 is 0.443 bits per heavy atom. The molecule has 0 bridgehead atoms. The normalized spacial score (nSPS) is 12.3. The molecule has 4 heteroatoms. The average Bonchev–Trinajstić information content (AvgIpc) is 3.32. The highest BCUT2D eigenvalue weighted by Crippen LogP contribution is 2.58. The second-order valence-corrected chi connectivity index (χ2v) is 19.3. The van der Waals surface area contributed by atoms with Crippen molar-refractivity contribution in [1.82, 2.24) is 0 Å². The van der Waals surface area contributed by atoms with Gasteiger partial charge in [-0.3, -0.25) is 0 Å². The van der Waals surface area contributed by atoms with Crippen LogP contribution in [0.3, 0.4) is 0 Å². The first-order valence-electron chi connectivity index (χ1n) is 22.5. The van der Waals surface area contributed by atoms with Crippen molar-refractivity contribution in [3.8, 4) is 11.5 Å². The van der Waals surface area contributed by atoms with Crippen LogP contribution in [-0.4, -0.2) is 13.2 Å². The Kier molecular flexibility index (Phi) is 22.5. The summed E-state index contributed by atoms with van der Waals surface area (Å²) in [6, 6.07) is 60.8. The lowest BCUT2D eigenvalue weighted by Gasteiger charge is -2.28. The van der Waals surface area contributed by atoms with Crippen LogP contribution in [-0.2, 0) is 6.16 Å². The Morgan fingerprint density at radius 3 is 1.18 bits per heavy atom. The molecule has 0 aromatic heterocycles. The first kappa shape index (κ1) is 49.0. The molecular formula is C57H69BrO2P+. The highest BCUT2D eigenvalue weighted by molar-refractivity contribution is 8.93. The Bertz CT molecular complexity index is 1970. The van der Waals surface area contributed by atoms with Gasteiger partial charge in [-0.05, 0) is 102 Å². The van der Waals surface area contributed by atoms with E-state index in [4.69, 9.17) is 9.47 Å². The maximum atomic E-state index is 6.20. The summed E-state index contributed by atoms with van der Waals surface area (Å²) in [4.78, 5) is 0. The van der Waals surface area contributed by atoms with Crippen LogP contribution >= 0.6 is 24.2 Å². The third-order valence-electron chi connectivity index (χ3n) is 11.4. The third kappa shape index (κ3) is 15.9. The number of halogens is 1. The van der Waals surface area contributed by atoms with E-state index in [0.29, 0.717) is 11.8 Å². The summed E-state index contributed by atoms with van der Waals surface area (Å²) in [5.41, 5.74) is 3.74. The van der Waals surface area contributed by atoms with Crippen molar-refractivity contribution in [1.29, 1.82) is 0 Å². The molecule has 0 saturated heterocycles. The molecule has 2 atom stereocenters. The van der Waals surface area contributed by atoms with Crippen LogP contribution in [0.25, 0.3) is 12.2 Å². The Morgan fingerprint density at radius 2 is 0.803 bits per heavy atom. The SMILES string of the molecule is Br.CCCCC(CC)COc1ccc(/C=C/C=C/c2ccccc2)cc1.CCCCC(CC)COc1ccc(C[P+](c2ccccc2)(c2ccccc2)c2ccccc2)cc1. The fourth-order valence-corrected chi connectivity index (χ4v) is 11.8. The van der Waals surface area contributed by atoms with Gasteiger partial charge in [-0.2, -0.15) is 0 Å². The summed E-state index contributed by atoms with van der Waals surface area (Å²) in [6.45, 7) is 10.7. The van der Waals surface area contributed by atoms with E-state index < -0.39 is 7.26 Å². The van der Waals surface area contributed by atoms with Crippen molar-refractivity contribution in [3.63, 3.8) is 0 Å². The van der Waals surface area contributed by atoms with Gasteiger partial charge in [0.1, 0.15) is 34.7 Å². The molecule has 0 fully saturated rings. The van der Waals surface area contributed by atoms with E-state index in [9.17, 15) is 0 Å². The highest BCUT2D eigenvalue weighted by Gasteiger charge is 2.45. The van der Waals surface area contributed by atoms with Crippen LogP contribution in [0.15, 0.2) is 182 Å². The molecule has 320 valence electrons. The van der Waals surface area contributed by atoms with Crippen LogP contribution in [0.5, 0.6) is 11.5 Å². The van der Waals surface area contributed by atoms with Gasteiger partial charge in [-0.15, -0.1) is 17.0 Å². The zero-order valence-electron chi connectivity index (χ0n) is 37.1. The topological polar surface area (TPSA) is 18.5 Å². The molecule has 0 amide bonds. The number of ether oxygens (including phenoxy) is 2. The summed E-state index contributed by atoms with van der Waals surface area (Å²) in [7, 11) is -1.88. The molecule has 2 nitrogen and oxygen atoms in total. The van der Waals surface area contributed by atoms with E-state index >= 15 is 0 Å². The molecule has 6 aromatic carbocycles. The summed E-state index contributed by atoms with van der Waals surface area (Å²) in [5.74, 6) is 3.25. The van der Waals surface area contributed by atoms with E-state index in [1.807, 2.05) is 18.2 Å². The molecule has 0 heterocycles. The van der Waals surface area contributed by atoms with Crippen molar-refractivity contribution < 1.29 is 9.47 Å². The molecule has 2 unspecified atom stereocenters. The quantitative estimate of drug-likeness (QED) is 0.0499. The molecule has 0 saturated carbocycles. The molecule has 0 N–H and O–H groups in total. The second kappa shape index (κ2) is 28.0. The predicted octanol–water partition coefficient (Wildman–Crippen LogP) is 15.4. The number of allylic oxidation sites excluding steroid dienone is 2. The van der Waals surface area contributed by atoms with Crippen molar-refractivity contribution in [3.05, 3.63) is 199 Å². The largest absolute Gasteiger partial charge is 0.493 e. The second-order valence-electron chi connectivity index (χ2n) is 15.8. The number of hydrogen-bond acceptors (Lipinski definition) is 2. The Balaban J connectivity index is 0.000000280. The minimum atomic E-state index is -1.88. The van der Waals surface area contributed by atoms with Gasteiger partial charge in [0.05, 0.1) is 19.4 Å². The third-order valence-corrected chi connectivity index (χ3v) is 15.7. The Hall–Kier alpha value is -4.69. The van der Waals surface area contributed by atoms with E-state index in [-0.39, 0.29) is 17.0 Å². The van der Waals surface area contributed by atoms with Crippen molar-refractivity contribution in [2.45, 2.75) is 85.2 Å². The van der Waals surface area contributed by atoms with Crippen LogP contribution < -0.4 is 25.4 Å². The van der Waals surface area contributed by atoms with Crippen LogP contribution in [0.1, 0.15) is 95.8 Å². The van der Waals surface area contributed by atoms with Gasteiger partial charge in [0.15, 0.2) is 0 Å². The van der Waals surface area contributed by atoms with E-state index in [1.165, 1.54) is 84.0 Å². The molecule has 0 aliphatic heterocycles. The molecule has 0 aliphatic rings. The maximum absolute atomic E-state index is 6.20. The number of unbranched alkanes of at least 4 members (excludes halogenated alkanes) is 2. The highest BCUT2D eigenvalue weighted by atomic mass is 79.9. The fourth-order valence-electron chi connectivity index (χ4n) is 7.53. The Labute approximate surface area is 380 Å². The zero-order valence-corrected chi connectivity index (χ0v) is 39.7. The summed E-state index contributed by atoms with van der Waals surface area (Å²) < 4.78 is 12.2. The van der Waals surface area contributed by atoms with Gasteiger partial charge < -0.3 is 9.47 Å². The molecule has 0 spiro atoms. The summed E-state index contributed by atoms with van der Waals surface area (Å²) in [6.07, 6.45) is 19.3. The van der Waals surface area contributed by atoms with Crippen LogP contribution in [0.4, 0.5) is 0 Å². The lowest BCUT2D eigenvalue weighted by Crippen LogP contribution is -2.32. The standard InChI is InChI=1S/C33H38OP.C24H30O.BrH/c1-3-5-15-28(4-2)26-34-30-24-22-29(23-25-30)27-35(31-16-9-6-10-17-31,32-18-11-7-12-19-32)33-20-13-8-14-21-33;1-3-5-11-21(4-2)20-25-24-18-16-23(17-19-24)15-10-9-14-22-12-7-6-8-13-22;/h6-14,16-25,28H,3-5,15,26-27H2,1-2H3;6-10,12-19,21H,3-5,11,20H2,1-2H3;1H/q+1;;/b;14-9+,15-10+;. The van der Waals surface area contributed by atoms with Crippen LogP contribution in [0.2, 0.25) is 0 Å². The fraction of sp³-hybridized carbons (Fsp3) is 0.298. The van der Waals surface area contributed by atoms with Gasteiger partial charge in [-0.1, -0.05) is 200 Å². The smallest absolute Gasteiger partial charge is 0.119 e. The van der Waals surface area contributed by atoms with E-state index in [0.717, 1.165) is 30.9 Å². The zero-order chi connectivity index (χ0) is 42.1. The molecule has 0 aliphatic carbocycles. The van der Waals surface area contributed by atoms with E-state index in [1.54, 1.807) is 0 Å². The lowest BCUT2D eigenvalue weighted by molar-refractivity contribution is 0.233. The minimum Gasteiger partial charge on any atom is -0.493 e. The first-order chi connectivity index (χ1) is 29.6. The average molecular weight is 897 g/mol. The van der Waals surface area contributed by atoms with Crippen molar-refractivity contribution >= 4 is 52.3 Å². The van der Waals surface area contributed by atoms with Gasteiger partial charge >= 0.3 is 0 Å². The first-order valence-corrected chi connectivity index (χ1v) is 24.4. The molecule has 6 rings (SSSR count). The van der Waals surface area contributed by atoms with E-state index in [2.05, 4.69) is 204 Å². The van der Waals surface area contributed by atoms with Gasteiger partial charge in [0.2, 0.25) is 0 Å². The molecule has 0 radical (unpaired) electrons. The van der Waals surface area contributed by atoms with Crippen molar-refractivity contribution in [2.24, 2.45) is 11.8 Å². The molecular weight excluding hydrogens is 828 g/mol. The van der Waals surface area contributed by atoms with Gasteiger partial charge in [0.25, 0.3) is 0 Å². The number of benzene rings is 6. The summed E-state index contributed by atoms with van der Waals surface area (Å²) in [5, 5.41) is 4.25. The van der Waals surface area contributed by atoms with Gasteiger partial charge in [-0.25, -0.2) is 0 Å². The van der Waals surface area contributed by atoms with Crippen LogP contribution in [0, 0.1) is 11.8 Å². The van der Waals surface area contributed by atoms with Gasteiger partial charge in [0, 0.05) is 0 Å². The monoisotopic (exact) mass is 895 g/mol. The molecule has 61 heavy (non-hydrogen) atoms. The number of hydrogen-bond donors (Lipinski definition) is 0. The lowest BCUT2D eigenvalue weighted by atomic mass is 10.0. The van der Waals surface area contributed by atoms with Crippen molar-refractivity contribution in [2.75, 3.05) is 13.2 Å². The molecule has 6 aromatic rings.